The number of hydrogen-bond acceptors (Lipinski definition) is 8. The van der Waals surface area contributed by atoms with Crippen molar-refractivity contribution in [1.82, 2.24) is 0 Å². The van der Waals surface area contributed by atoms with Crippen LogP contribution in [-0.2, 0) is 38.1 Å². The Labute approximate surface area is 523 Å². The molecule has 0 heterocycles. The first-order valence-corrected chi connectivity index (χ1v) is 37.4. The molecule has 0 aromatic carbocycles. The molecule has 1 rings (SSSR count). The van der Waals surface area contributed by atoms with Crippen molar-refractivity contribution in [3.8, 4) is 0 Å². The largest absolute Gasteiger partial charge is 0.469 e. The third kappa shape index (κ3) is 50.8. The lowest BCUT2D eigenvalue weighted by Crippen LogP contribution is -2.35. The third-order valence-electron chi connectivity index (χ3n) is 19.7. The van der Waals surface area contributed by atoms with Gasteiger partial charge in [-0.2, -0.15) is 0 Å². The highest BCUT2D eigenvalue weighted by atomic mass is 16.5. The van der Waals surface area contributed by atoms with Crippen LogP contribution in [0.15, 0.2) is 0 Å². The first kappa shape index (κ1) is 81.9. The maximum Gasteiger partial charge on any atom is 0.305 e. The summed E-state index contributed by atoms with van der Waals surface area (Å²) < 4.78 is 19.2. The van der Waals surface area contributed by atoms with Gasteiger partial charge in [0.25, 0.3) is 0 Å². The van der Waals surface area contributed by atoms with Gasteiger partial charge in [-0.05, 0) is 86.9 Å². The summed E-state index contributed by atoms with van der Waals surface area (Å²) in [5.74, 6) is 5.23. The number of carbonyl (C=O) groups is 4. The number of rotatable bonds is 61. The van der Waals surface area contributed by atoms with Crippen LogP contribution in [0.4, 0.5) is 0 Å². The predicted molar refractivity (Wildman–Crippen MR) is 359 cm³/mol. The fourth-order valence-corrected chi connectivity index (χ4v) is 14.3. The monoisotopic (exact) mass is 1190 g/mol. The molecule has 1 aliphatic rings. The summed E-state index contributed by atoms with van der Waals surface area (Å²) in [5, 5.41) is 0. The number of esters is 4. The van der Waals surface area contributed by atoms with Crippen molar-refractivity contribution in [2.24, 2.45) is 35.5 Å². The Balaban J connectivity index is 0.00000164. The molecule has 0 bridgehead atoms. The molecule has 0 amide bonds. The Morgan fingerprint density at radius 2 is 0.452 bits per heavy atom. The van der Waals surface area contributed by atoms with Crippen molar-refractivity contribution in [3.63, 3.8) is 0 Å². The molecule has 498 valence electrons. The van der Waals surface area contributed by atoms with Crippen molar-refractivity contribution in [2.45, 2.75) is 400 Å². The summed E-state index contributed by atoms with van der Waals surface area (Å²) >= 11 is 0. The average Bonchev–Trinajstić information content (AvgIpc) is 3.54. The molecule has 0 aliphatic heterocycles. The Hall–Kier alpha value is -2.12. The van der Waals surface area contributed by atoms with Crippen LogP contribution in [0, 0.1) is 35.5 Å². The quantitative estimate of drug-likeness (QED) is 0.0337. The topological polar surface area (TPSA) is 105 Å². The molecule has 6 atom stereocenters. The van der Waals surface area contributed by atoms with Crippen LogP contribution in [0.2, 0.25) is 0 Å². The van der Waals surface area contributed by atoms with E-state index in [4.69, 9.17) is 18.9 Å². The molecule has 0 spiro atoms. The van der Waals surface area contributed by atoms with Gasteiger partial charge in [-0.15, -0.1) is 0 Å². The summed E-state index contributed by atoms with van der Waals surface area (Å²) in [6, 6.07) is 0. The van der Waals surface area contributed by atoms with E-state index in [-0.39, 0.29) is 23.9 Å². The molecule has 0 aromatic heterocycles. The van der Waals surface area contributed by atoms with Crippen LogP contribution >= 0.6 is 0 Å². The Morgan fingerprint density at radius 3 is 0.690 bits per heavy atom. The van der Waals surface area contributed by atoms with Crippen molar-refractivity contribution in [2.75, 3.05) is 28.4 Å². The summed E-state index contributed by atoms with van der Waals surface area (Å²) in [7, 11) is 5.96. The van der Waals surface area contributed by atoms with Crippen LogP contribution in [0.1, 0.15) is 400 Å². The molecule has 1 aliphatic carbocycles. The molecule has 8 nitrogen and oxygen atoms in total. The van der Waals surface area contributed by atoms with Crippen molar-refractivity contribution in [3.05, 3.63) is 0 Å². The van der Waals surface area contributed by atoms with Crippen LogP contribution < -0.4 is 0 Å². The molecular weight excluding hydrogens is 1040 g/mol. The number of unbranched alkanes of at least 4 members (excludes halogenated alkanes) is 36. The number of hydrogen-bond donors (Lipinski definition) is 0. The lowest BCUT2D eigenvalue weighted by molar-refractivity contribution is -0.141. The Morgan fingerprint density at radius 1 is 0.262 bits per heavy atom. The van der Waals surface area contributed by atoms with Crippen LogP contribution in [0.3, 0.4) is 0 Å². The highest BCUT2D eigenvalue weighted by molar-refractivity contribution is 5.70. The zero-order valence-corrected chi connectivity index (χ0v) is 57.7. The first-order chi connectivity index (χ1) is 41.1. The van der Waals surface area contributed by atoms with E-state index in [9.17, 15) is 19.2 Å². The van der Waals surface area contributed by atoms with Gasteiger partial charge >= 0.3 is 23.9 Å². The molecule has 0 saturated heterocycles. The number of carbonyl (C=O) groups excluding carboxylic acids is 4. The van der Waals surface area contributed by atoms with Gasteiger partial charge in [0.05, 0.1) is 28.4 Å². The van der Waals surface area contributed by atoms with E-state index < -0.39 is 0 Å². The minimum absolute atomic E-state index is 0.0639. The van der Waals surface area contributed by atoms with Crippen molar-refractivity contribution in [1.29, 1.82) is 0 Å². The summed E-state index contributed by atoms with van der Waals surface area (Å²) in [6.45, 7) is 9.25. The molecule has 0 aromatic rings. The first-order valence-electron chi connectivity index (χ1n) is 37.4. The number of methoxy groups -OCH3 is 4. The minimum Gasteiger partial charge on any atom is -0.469 e. The highest BCUT2D eigenvalue weighted by Crippen LogP contribution is 2.48. The fourth-order valence-electron chi connectivity index (χ4n) is 14.3. The maximum atomic E-state index is 11.4. The molecule has 1 saturated carbocycles. The Bertz CT molecular complexity index is 1320. The van der Waals surface area contributed by atoms with Crippen molar-refractivity contribution < 1.29 is 38.1 Å². The van der Waals surface area contributed by atoms with E-state index >= 15 is 0 Å². The second-order valence-electron chi connectivity index (χ2n) is 26.7. The van der Waals surface area contributed by atoms with Gasteiger partial charge in [0.15, 0.2) is 0 Å². The van der Waals surface area contributed by atoms with E-state index in [1.54, 1.807) is 0 Å². The lowest BCUT2D eigenvalue weighted by atomic mass is 9.61. The standard InChI is InChI=1S/C38H72O4.C38H74O4/c1-5-7-9-11-15-21-27-35-33(25-19-10-8-6-2)31-32-34(26-20-14-12-17-23-29-37(39)41-3)36(35)28-22-16-13-18-24-30-38(40)42-4;1-5-7-9-11-13-17-23-29-35(31-25-19-15-21-27-33-37(39)41-3)36(30-24-18-14-12-10-8-6-2)32-26-20-16-22-28-34-38(40)42-4/h33-36H,5-32H2,1-4H3;35-36H,5-34H2,1-4H3. The summed E-state index contributed by atoms with van der Waals surface area (Å²) in [4.78, 5) is 45.6. The molecule has 1 fully saturated rings. The van der Waals surface area contributed by atoms with Crippen LogP contribution in [-0.4, -0.2) is 52.3 Å². The summed E-state index contributed by atoms with van der Waals surface area (Å²) in [6.07, 6.45) is 74.4. The van der Waals surface area contributed by atoms with Gasteiger partial charge in [0.2, 0.25) is 0 Å². The SMILES string of the molecule is CCCCCCCCC1C(CCCCCC)CCC(CCCCCCCC(=O)OC)C1CCCCCCCC(=O)OC.CCCCCCCCCC(CCCCCCCC(=O)OC)C(CCCCCCCCC)CCCCCCCC(=O)OC. The van der Waals surface area contributed by atoms with Crippen molar-refractivity contribution >= 4 is 23.9 Å². The molecule has 0 N–H and O–H groups in total. The Kier molecular flexibility index (Phi) is 62.3. The lowest BCUT2D eigenvalue weighted by Gasteiger charge is -2.44. The van der Waals surface area contributed by atoms with Crippen LogP contribution in [0.25, 0.3) is 0 Å². The third-order valence-corrected chi connectivity index (χ3v) is 19.7. The van der Waals surface area contributed by atoms with Gasteiger partial charge in [-0.25, -0.2) is 0 Å². The molecule has 6 unspecified atom stereocenters. The fraction of sp³-hybridized carbons (Fsp3) is 0.947. The normalized spacial score (nSPS) is 16.6. The van der Waals surface area contributed by atoms with E-state index in [0.717, 1.165) is 86.9 Å². The molecule has 84 heavy (non-hydrogen) atoms. The molecule has 8 heteroatoms. The van der Waals surface area contributed by atoms with E-state index in [0.29, 0.717) is 25.7 Å². The molecular formula is C76H146O8. The zero-order chi connectivity index (χ0) is 61.6. The molecule has 0 radical (unpaired) electrons. The summed E-state index contributed by atoms with van der Waals surface area (Å²) in [5.41, 5.74) is 0. The number of ether oxygens (including phenoxy) is 4. The zero-order valence-electron chi connectivity index (χ0n) is 57.7. The van der Waals surface area contributed by atoms with Gasteiger partial charge in [0.1, 0.15) is 0 Å². The average molecular weight is 1190 g/mol. The van der Waals surface area contributed by atoms with Gasteiger partial charge in [0, 0.05) is 25.7 Å². The van der Waals surface area contributed by atoms with Gasteiger partial charge in [-0.3, -0.25) is 19.2 Å². The van der Waals surface area contributed by atoms with E-state index in [1.807, 2.05) is 0 Å². The van der Waals surface area contributed by atoms with Crippen LogP contribution in [0.5, 0.6) is 0 Å². The van der Waals surface area contributed by atoms with E-state index in [1.165, 1.54) is 324 Å². The second-order valence-corrected chi connectivity index (χ2v) is 26.7. The van der Waals surface area contributed by atoms with Gasteiger partial charge in [-0.1, -0.05) is 323 Å². The predicted octanol–water partition coefficient (Wildman–Crippen LogP) is 24.1. The highest BCUT2D eigenvalue weighted by Gasteiger charge is 2.38. The minimum atomic E-state index is -0.0681. The maximum absolute atomic E-state index is 11.4. The second kappa shape index (κ2) is 63.9. The van der Waals surface area contributed by atoms with E-state index in [2.05, 4.69) is 27.7 Å². The van der Waals surface area contributed by atoms with Gasteiger partial charge < -0.3 is 18.9 Å². The smallest absolute Gasteiger partial charge is 0.305 e.